The molecule has 4 rings (SSSR count). The smallest absolute Gasteiger partial charge is 0.255 e. The van der Waals surface area contributed by atoms with Crippen LogP contribution in [0.2, 0.25) is 0 Å². The van der Waals surface area contributed by atoms with Crippen molar-refractivity contribution in [1.29, 1.82) is 0 Å². The minimum Gasteiger partial charge on any atom is -0.348 e. The van der Waals surface area contributed by atoms with Crippen LogP contribution in [0.25, 0.3) is 10.9 Å². The van der Waals surface area contributed by atoms with Gasteiger partial charge >= 0.3 is 0 Å². The van der Waals surface area contributed by atoms with Crippen LogP contribution in [0.1, 0.15) is 49.7 Å². The number of H-pyrrole nitrogens is 1. The molecule has 1 aliphatic heterocycles. The lowest BCUT2D eigenvalue weighted by molar-refractivity contribution is 0.171. The molecule has 2 aromatic heterocycles. The van der Waals surface area contributed by atoms with E-state index >= 15 is 0 Å². The maximum atomic E-state index is 13.3. The van der Waals surface area contributed by atoms with Gasteiger partial charge in [0.1, 0.15) is 0 Å². The fourth-order valence-electron chi connectivity index (χ4n) is 4.39. The molecule has 0 amide bonds. The van der Waals surface area contributed by atoms with Gasteiger partial charge in [0.25, 0.3) is 5.56 Å². The van der Waals surface area contributed by atoms with Gasteiger partial charge in [-0.3, -0.25) is 9.69 Å². The summed E-state index contributed by atoms with van der Waals surface area (Å²) in [6.07, 6.45) is 5.04. The average molecular weight is 364 g/mol. The van der Waals surface area contributed by atoms with Crippen LogP contribution in [0.3, 0.4) is 0 Å². The summed E-state index contributed by atoms with van der Waals surface area (Å²) >= 11 is 0. The molecule has 3 heterocycles. The van der Waals surface area contributed by atoms with Gasteiger partial charge in [-0.05, 0) is 23.4 Å². The average Bonchev–Trinajstić information content (AvgIpc) is 3.17. The Bertz CT molecular complexity index is 999. The highest BCUT2D eigenvalue weighted by Crippen LogP contribution is 2.34. The Morgan fingerprint density at radius 2 is 2.04 bits per heavy atom. The first-order valence-electron chi connectivity index (χ1n) is 9.98. The summed E-state index contributed by atoms with van der Waals surface area (Å²) in [5, 5.41) is 1.10. The van der Waals surface area contributed by atoms with E-state index < -0.39 is 0 Å². The number of hydrogen-bond acceptors (Lipinski definition) is 3. The molecule has 1 aromatic carbocycles. The van der Waals surface area contributed by atoms with E-state index in [-0.39, 0.29) is 11.6 Å². The third-order valence-electron chi connectivity index (χ3n) is 6.13. The van der Waals surface area contributed by atoms with Crippen LogP contribution >= 0.6 is 0 Å². The second-order valence-electron chi connectivity index (χ2n) is 7.62. The third-order valence-corrected chi connectivity index (χ3v) is 6.13. The van der Waals surface area contributed by atoms with Crippen molar-refractivity contribution in [3.63, 3.8) is 0 Å². The predicted molar refractivity (Wildman–Crippen MR) is 109 cm³/mol. The summed E-state index contributed by atoms with van der Waals surface area (Å²) in [4.78, 5) is 23.7. The first-order chi connectivity index (χ1) is 13.1. The minimum absolute atomic E-state index is 0.0732. The first-order valence-corrected chi connectivity index (χ1v) is 9.98. The fraction of sp³-hybridized carbons (Fsp3) is 0.455. The molecular weight excluding hydrogens is 336 g/mol. The summed E-state index contributed by atoms with van der Waals surface area (Å²) in [7, 11) is 1.87. The van der Waals surface area contributed by atoms with E-state index in [2.05, 4.69) is 40.8 Å². The van der Waals surface area contributed by atoms with Crippen molar-refractivity contribution >= 4 is 10.9 Å². The maximum absolute atomic E-state index is 13.3. The second-order valence-corrected chi connectivity index (χ2v) is 7.62. The van der Waals surface area contributed by atoms with E-state index in [0.717, 1.165) is 60.2 Å². The molecule has 3 aromatic rings. The second kappa shape index (κ2) is 7.31. The highest BCUT2D eigenvalue weighted by molar-refractivity contribution is 5.79. The summed E-state index contributed by atoms with van der Waals surface area (Å²) < 4.78 is 1.78. The van der Waals surface area contributed by atoms with Gasteiger partial charge in [-0.1, -0.05) is 44.9 Å². The van der Waals surface area contributed by atoms with Gasteiger partial charge < -0.3 is 9.55 Å². The zero-order chi connectivity index (χ0) is 19.0. The number of para-hydroxylation sites is 1. The number of aromatic nitrogens is 3. The molecule has 5 heteroatoms. The van der Waals surface area contributed by atoms with Crippen molar-refractivity contribution in [2.75, 3.05) is 13.1 Å². The van der Waals surface area contributed by atoms with E-state index in [4.69, 9.17) is 0 Å². The van der Waals surface area contributed by atoms with Crippen LogP contribution in [0.5, 0.6) is 0 Å². The monoisotopic (exact) mass is 364 g/mol. The molecule has 1 N–H and O–H groups in total. The van der Waals surface area contributed by atoms with Crippen molar-refractivity contribution < 1.29 is 0 Å². The van der Waals surface area contributed by atoms with Gasteiger partial charge in [0.2, 0.25) is 0 Å². The van der Waals surface area contributed by atoms with Gasteiger partial charge in [-0.15, -0.1) is 0 Å². The Morgan fingerprint density at radius 1 is 1.26 bits per heavy atom. The fourth-order valence-corrected chi connectivity index (χ4v) is 4.39. The van der Waals surface area contributed by atoms with Crippen LogP contribution in [-0.2, 0) is 13.5 Å². The summed E-state index contributed by atoms with van der Waals surface area (Å²) in [6, 6.07) is 10.1. The van der Waals surface area contributed by atoms with Crippen molar-refractivity contribution in [2.45, 2.75) is 39.2 Å². The Morgan fingerprint density at radius 3 is 2.81 bits per heavy atom. The highest BCUT2D eigenvalue weighted by atomic mass is 16.1. The largest absolute Gasteiger partial charge is 0.348 e. The molecule has 1 aliphatic rings. The number of imidazole rings is 1. The van der Waals surface area contributed by atoms with Crippen LogP contribution in [-0.4, -0.2) is 32.5 Å². The molecule has 0 bridgehead atoms. The Hall–Kier alpha value is -2.40. The number of benzene rings is 1. The molecule has 0 fully saturated rings. The Kier molecular flexibility index (Phi) is 4.87. The number of rotatable bonds is 5. The van der Waals surface area contributed by atoms with Crippen LogP contribution in [0.4, 0.5) is 0 Å². The number of aromatic amines is 1. The molecule has 0 unspecified atom stereocenters. The Balaban J connectivity index is 1.87. The third kappa shape index (κ3) is 3.10. The number of nitrogens with one attached hydrogen (secondary N) is 1. The number of hydrogen-bond donors (Lipinski definition) is 1. The van der Waals surface area contributed by atoms with Gasteiger partial charge in [-0.2, -0.15) is 0 Å². The van der Waals surface area contributed by atoms with E-state index in [1.54, 1.807) is 10.9 Å². The lowest BCUT2D eigenvalue weighted by Crippen LogP contribution is -2.42. The molecule has 0 aliphatic carbocycles. The SMILES string of the molecule is CCC(CC)CN1CCc2[nH]cnc2[C@H]1c1cc2ccccc2n(C)c1=O. The number of nitrogens with zero attached hydrogens (tertiary/aromatic N) is 3. The van der Waals surface area contributed by atoms with Crippen LogP contribution in [0, 0.1) is 5.92 Å². The lowest BCUT2D eigenvalue weighted by atomic mass is 9.93. The van der Waals surface area contributed by atoms with E-state index in [9.17, 15) is 4.79 Å². The molecular formula is C22H28N4O. The van der Waals surface area contributed by atoms with E-state index in [1.165, 1.54) is 0 Å². The van der Waals surface area contributed by atoms with E-state index in [1.807, 2.05) is 25.2 Å². The summed E-state index contributed by atoms with van der Waals surface area (Å²) in [5.74, 6) is 0.636. The Labute approximate surface area is 160 Å². The lowest BCUT2D eigenvalue weighted by Gasteiger charge is -2.37. The zero-order valence-corrected chi connectivity index (χ0v) is 16.4. The standard InChI is InChI=1S/C22H28N4O/c1-4-15(5-2)13-26-11-10-18-20(24-14-23-18)21(26)17-12-16-8-6-7-9-19(16)25(3)22(17)27/h6-9,12,14-15,21H,4-5,10-11,13H2,1-3H3,(H,23,24)/t21-/m1/s1. The summed E-state index contributed by atoms with van der Waals surface area (Å²) in [5.41, 5.74) is 4.05. The first kappa shape index (κ1) is 18.0. The van der Waals surface area contributed by atoms with Crippen molar-refractivity contribution in [3.05, 3.63) is 64.0 Å². The van der Waals surface area contributed by atoms with Gasteiger partial charge in [0.05, 0.1) is 23.6 Å². The number of fused-ring (bicyclic) bond motifs is 2. The van der Waals surface area contributed by atoms with Gasteiger partial charge in [-0.25, -0.2) is 4.98 Å². The molecule has 1 atom stereocenters. The van der Waals surface area contributed by atoms with Gasteiger partial charge in [0.15, 0.2) is 0 Å². The van der Waals surface area contributed by atoms with Crippen LogP contribution < -0.4 is 5.56 Å². The van der Waals surface area contributed by atoms with Crippen LogP contribution in [0.15, 0.2) is 41.5 Å². The number of pyridine rings is 1. The molecule has 0 saturated carbocycles. The quantitative estimate of drug-likeness (QED) is 0.752. The number of aryl methyl sites for hydroxylation is 1. The minimum atomic E-state index is -0.0797. The predicted octanol–water partition coefficient (Wildman–Crippen LogP) is 3.65. The molecule has 27 heavy (non-hydrogen) atoms. The molecule has 0 spiro atoms. The van der Waals surface area contributed by atoms with Crippen molar-refractivity contribution in [2.24, 2.45) is 13.0 Å². The molecule has 5 nitrogen and oxygen atoms in total. The van der Waals surface area contributed by atoms with Gasteiger partial charge in [0, 0.05) is 37.8 Å². The van der Waals surface area contributed by atoms with E-state index in [0.29, 0.717) is 5.92 Å². The normalized spacial score (nSPS) is 17.6. The van der Waals surface area contributed by atoms with Crippen molar-refractivity contribution in [1.82, 2.24) is 19.4 Å². The summed E-state index contributed by atoms with van der Waals surface area (Å²) in [6.45, 7) is 6.45. The maximum Gasteiger partial charge on any atom is 0.255 e. The molecule has 142 valence electrons. The topological polar surface area (TPSA) is 53.9 Å². The molecule has 0 radical (unpaired) electrons. The highest BCUT2D eigenvalue weighted by Gasteiger charge is 2.34. The van der Waals surface area contributed by atoms with Crippen molar-refractivity contribution in [3.8, 4) is 0 Å². The molecule has 0 saturated heterocycles. The zero-order valence-electron chi connectivity index (χ0n) is 16.4.